The van der Waals surface area contributed by atoms with E-state index in [2.05, 4.69) is 26.1 Å². The van der Waals surface area contributed by atoms with E-state index in [9.17, 15) is 0 Å². The molecule has 0 amide bonds. The van der Waals surface area contributed by atoms with Crippen LogP contribution in [-0.2, 0) is 0 Å². The molecule has 0 spiro atoms. The van der Waals surface area contributed by atoms with Crippen molar-refractivity contribution in [2.24, 2.45) is 11.7 Å². The fourth-order valence-corrected chi connectivity index (χ4v) is 1.58. The third-order valence-electron chi connectivity index (χ3n) is 2.40. The van der Waals surface area contributed by atoms with Gasteiger partial charge in [-0.1, -0.05) is 13.3 Å². The SMILES string of the molecule is CCCC1CC1NCC(C)(C)N. The minimum atomic E-state index is -0.0562. The van der Waals surface area contributed by atoms with Crippen molar-refractivity contribution in [3.63, 3.8) is 0 Å². The van der Waals surface area contributed by atoms with Gasteiger partial charge in [0.05, 0.1) is 0 Å². The van der Waals surface area contributed by atoms with E-state index in [1.54, 1.807) is 0 Å². The van der Waals surface area contributed by atoms with Crippen molar-refractivity contribution >= 4 is 0 Å². The van der Waals surface area contributed by atoms with E-state index in [-0.39, 0.29) is 5.54 Å². The van der Waals surface area contributed by atoms with E-state index in [0.717, 1.165) is 18.5 Å². The van der Waals surface area contributed by atoms with Crippen molar-refractivity contribution in [2.75, 3.05) is 6.54 Å². The van der Waals surface area contributed by atoms with Gasteiger partial charge in [-0.15, -0.1) is 0 Å². The van der Waals surface area contributed by atoms with Crippen LogP contribution < -0.4 is 11.1 Å². The van der Waals surface area contributed by atoms with Crippen LogP contribution >= 0.6 is 0 Å². The van der Waals surface area contributed by atoms with Crippen molar-refractivity contribution in [2.45, 2.75) is 51.6 Å². The lowest BCUT2D eigenvalue weighted by molar-refractivity contribution is 0.454. The molecule has 12 heavy (non-hydrogen) atoms. The van der Waals surface area contributed by atoms with E-state index < -0.39 is 0 Å². The zero-order valence-electron chi connectivity index (χ0n) is 8.56. The van der Waals surface area contributed by atoms with Gasteiger partial charge in [0.2, 0.25) is 0 Å². The van der Waals surface area contributed by atoms with Gasteiger partial charge in [-0.25, -0.2) is 0 Å². The van der Waals surface area contributed by atoms with Gasteiger partial charge < -0.3 is 11.1 Å². The fraction of sp³-hybridized carbons (Fsp3) is 1.00. The second kappa shape index (κ2) is 3.75. The molecule has 0 bridgehead atoms. The van der Waals surface area contributed by atoms with E-state index >= 15 is 0 Å². The highest BCUT2D eigenvalue weighted by molar-refractivity contribution is 4.94. The van der Waals surface area contributed by atoms with E-state index in [1.807, 2.05) is 0 Å². The van der Waals surface area contributed by atoms with Crippen molar-refractivity contribution in [1.82, 2.24) is 5.32 Å². The molecule has 1 aliphatic rings. The summed E-state index contributed by atoms with van der Waals surface area (Å²) in [5.41, 5.74) is 5.81. The van der Waals surface area contributed by atoms with Crippen LogP contribution in [0.4, 0.5) is 0 Å². The molecule has 2 heteroatoms. The standard InChI is InChI=1S/C10H22N2/c1-4-5-8-6-9(8)12-7-10(2,3)11/h8-9,12H,4-7,11H2,1-3H3. The molecule has 72 valence electrons. The molecule has 3 N–H and O–H groups in total. The Kier molecular flexibility index (Phi) is 3.13. The van der Waals surface area contributed by atoms with Gasteiger partial charge in [-0.05, 0) is 32.6 Å². The van der Waals surface area contributed by atoms with Gasteiger partial charge in [0, 0.05) is 18.1 Å². The molecule has 0 aromatic rings. The van der Waals surface area contributed by atoms with Gasteiger partial charge in [0.25, 0.3) is 0 Å². The Bertz CT molecular complexity index is 137. The summed E-state index contributed by atoms with van der Waals surface area (Å²) in [5, 5.41) is 3.51. The summed E-state index contributed by atoms with van der Waals surface area (Å²) < 4.78 is 0. The summed E-state index contributed by atoms with van der Waals surface area (Å²) in [6.45, 7) is 7.33. The average molecular weight is 170 g/mol. The highest BCUT2D eigenvalue weighted by atomic mass is 15.0. The Morgan fingerprint density at radius 3 is 2.67 bits per heavy atom. The van der Waals surface area contributed by atoms with Crippen molar-refractivity contribution < 1.29 is 0 Å². The van der Waals surface area contributed by atoms with Crippen molar-refractivity contribution in [3.05, 3.63) is 0 Å². The van der Waals surface area contributed by atoms with Crippen molar-refractivity contribution in [3.8, 4) is 0 Å². The minimum absolute atomic E-state index is 0.0562. The summed E-state index contributed by atoms with van der Waals surface area (Å²) in [5.74, 6) is 0.942. The Labute approximate surface area is 75.9 Å². The number of hydrogen-bond acceptors (Lipinski definition) is 2. The summed E-state index contributed by atoms with van der Waals surface area (Å²) in [6, 6.07) is 0.771. The summed E-state index contributed by atoms with van der Waals surface area (Å²) in [4.78, 5) is 0. The summed E-state index contributed by atoms with van der Waals surface area (Å²) >= 11 is 0. The normalized spacial score (nSPS) is 29.0. The van der Waals surface area contributed by atoms with Gasteiger partial charge in [0.1, 0.15) is 0 Å². The quantitative estimate of drug-likeness (QED) is 0.656. The lowest BCUT2D eigenvalue weighted by Crippen LogP contribution is -2.44. The molecule has 1 fully saturated rings. The molecular weight excluding hydrogens is 148 g/mol. The first-order valence-corrected chi connectivity index (χ1v) is 5.05. The predicted octanol–water partition coefficient (Wildman–Crippen LogP) is 1.50. The Morgan fingerprint density at radius 1 is 1.50 bits per heavy atom. The molecule has 1 aliphatic carbocycles. The summed E-state index contributed by atoms with van der Waals surface area (Å²) in [7, 11) is 0. The van der Waals surface area contributed by atoms with Gasteiger partial charge >= 0.3 is 0 Å². The third-order valence-corrected chi connectivity index (χ3v) is 2.40. The first-order chi connectivity index (χ1) is 5.53. The molecule has 0 saturated heterocycles. The molecule has 1 rings (SSSR count). The zero-order chi connectivity index (χ0) is 9.19. The zero-order valence-corrected chi connectivity index (χ0v) is 8.56. The highest BCUT2D eigenvalue weighted by Gasteiger charge is 2.35. The molecule has 0 radical (unpaired) electrons. The Hall–Kier alpha value is -0.0800. The first kappa shape index (κ1) is 10.0. The van der Waals surface area contributed by atoms with Gasteiger partial charge in [-0.3, -0.25) is 0 Å². The van der Waals surface area contributed by atoms with E-state index in [0.29, 0.717) is 0 Å². The number of hydrogen-bond donors (Lipinski definition) is 2. The number of rotatable bonds is 5. The third kappa shape index (κ3) is 3.55. The molecule has 0 aliphatic heterocycles. The van der Waals surface area contributed by atoms with Crippen LogP contribution in [0.25, 0.3) is 0 Å². The maximum absolute atomic E-state index is 5.87. The molecule has 0 aromatic carbocycles. The predicted molar refractivity (Wildman–Crippen MR) is 53.1 cm³/mol. The smallest absolute Gasteiger partial charge is 0.0223 e. The average Bonchev–Trinajstić information content (AvgIpc) is 2.63. The molecule has 2 unspecified atom stereocenters. The second-order valence-electron chi connectivity index (χ2n) is 4.76. The van der Waals surface area contributed by atoms with Crippen LogP contribution in [0.5, 0.6) is 0 Å². The lowest BCUT2D eigenvalue weighted by Gasteiger charge is -2.18. The van der Waals surface area contributed by atoms with Crippen LogP contribution in [0.3, 0.4) is 0 Å². The Morgan fingerprint density at radius 2 is 2.17 bits per heavy atom. The number of nitrogens with two attached hydrogens (primary N) is 1. The molecule has 1 saturated carbocycles. The van der Waals surface area contributed by atoms with E-state index in [4.69, 9.17) is 5.73 Å². The molecule has 0 heterocycles. The van der Waals surface area contributed by atoms with Gasteiger partial charge in [0.15, 0.2) is 0 Å². The lowest BCUT2D eigenvalue weighted by atomic mass is 10.1. The van der Waals surface area contributed by atoms with Gasteiger partial charge in [-0.2, -0.15) is 0 Å². The van der Waals surface area contributed by atoms with Crippen LogP contribution in [0.1, 0.15) is 40.0 Å². The van der Waals surface area contributed by atoms with Crippen LogP contribution in [-0.4, -0.2) is 18.1 Å². The topological polar surface area (TPSA) is 38.0 Å². The summed E-state index contributed by atoms with van der Waals surface area (Å²) in [6.07, 6.45) is 4.06. The van der Waals surface area contributed by atoms with Crippen LogP contribution in [0.2, 0.25) is 0 Å². The largest absolute Gasteiger partial charge is 0.324 e. The van der Waals surface area contributed by atoms with Crippen LogP contribution in [0.15, 0.2) is 0 Å². The Balaban J connectivity index is 2.04. The maximum atomic E-state index is 5.87. The van der Waals surface area contributed by atoms with Crippen molar-refractivity contribution in [1.29, 1.82) is 0 Å². The second-order valence-corrected chi connectivity index (χ2v) is 4.76. The van der Waals surface area contributed by atoms with E-state index in [1.165, 1.54) is 19.3 Å². The minimum Gasteiger partial charge on any atom is -0.324 e. The highest BCUT2D eigenvalue weighted by Crippen LogP contribution is 2.34. The maximum Gasteiger partial charge on any atom is 0.0223 e. The molecule has 2 nitrogen and oxygen atoms in total. The molecule has 0 aromatic heterocycles. The first-order valence-electron chi connectivity index (χ1n) is 5.05. The molecular formula is C10H22N2. The van der Waals surface area contributed by atoms with Crippen LogP contribution in [0, 0.1) is 5.92 Å². The molecule has 2 atom stereocenters. The number of nitrogens with one attached hydrogen (secondary N) is 1. The monoisotopic (exact) mass is 170 g/mol. The fourth-order valence-electron chi connectivity index (χ4n) is 1.58.